The van der Waals surface area contributed by atoms with Gasteiger partial charge >= 0.3 is 0 Å². The molecule has 1 aliphatic rings. The van der Waals surface area contributed by atoms with Gasteiger partial charge in [0, 0.05) is 44.7 Å². The molecular formula is C19H31F2IN4O. The second kappa shape index (κ2) is 13.2. The van der Waals surface area contributed by atoms with Crippen LogP contribution in [0.2, 0.25) is 0 Å². The van der Waals surface area contributed by atoms with E-state index >= 15 is 0 Å². The number of ether oxygens (including phenoxy) is 1. The van der Waals surface area contributed by atoms with Crippen molar-refractivity contribution in [1.29, 1.82) is 0 Å². The number of aliphatic imine (C=N–C) groups is 1. The van der Waals surface area contributed by atoms with Crippen molar-refractivity contribution < 1.29 is 13.5 Å². The van der Waals surface area contributed by atoms with E-state index in [1.54, 1.807) is 0 Å². The maximum Gasteiger partial charge on any atom is 0.191 e. The van der Waals surface area contributed by atoms with Crippen LogP contribution in [0.4, 0.5) is 8.78 Å². The van der Waals surface area contributed by atoms with Crippen LogP contribution in [-0.2, 0) is 4.74 Å². The second-order valence-corrected chi connectivity index (χ2v) is 6.52. The topological polar surface area (TPSA) is 48.9 Å². The van der Waals surface area contributed by atoms with Gasteiger partial charge < -0.3 is 15.4 Å². The van der Waals surface area contributed by atoms with Crippen LogP contribution < -0.4 is 10.6 Å². The lowest BCUT2D eigenvalue weighted by atomic mass is 10.0. The highest BCUT2D eigenvalue weighted by atomic mass is 127. The van der Waals surface area contributed by atoms with E-state index in [0.717, 1.165) is 64.4 Å². The molecule has 1 heterocycles. The summed E-state index contributed by atoms with van der Waals surface area (Å²) >= 11 is 0. The predicted molar refractivity (Wildman–Crippen MR) is 116 cm³/mol. The maximum absolute atomic E-state index is 13.9. The Balaban J connectivity index is 0.00000364. The molecule has 8 heteroatoms. The summed E-state index contributed by atoms with van der Waals surface area (Å²) in [5.74, 6) is -0.475. The summed E-state index contributed by atoms with van der Waals surface area (Å²) in [5, 5.41) is 6.52. The van der Waals surface area contributed by atoms with Crippen LogP contribution in [0, 0.1) is 11.6 Å². The third-order valence-electron chi connectivity index (χ3n) is 4.41. The average molecular weight is 496 g/mol. The van der Waals surface area contributed by atoms with E-state index in [-0.39, 0.29) is 29.9 Å². The first-order chi connectivity index (χ1) is 12.6. The zero-order valence-corrected chi connectivity index (χ0v) is 18.5. The molecule has 1 atom stereocenters. The summed E-state index contributed by atoms with van der Waals surface area (Å²) < 4.78 is 32.2. The summed E-state index contributed by atoms with van der Waals surface area (Å²) in [6, 6.07) is 3.70. The molecule has 1 aromatic carbocycles. The van der Waals surface area contributed by atoms with E-state index in [2.05, 4.69) is 20.5 Å². The zero-order valence-electron chi connectivity index (χ0n) is 16.1. The fraction of sp³-hybridized carbons (Fsp3) is 0.632. The molecule has 0 bridgehead atoms. The van der Waals surface area contributed by atoms with Gasteiger partial charge in [0.15, 0.2) is 5.96 Å². The van der Waals surface area contributed by atoms with Crippen molar-refractivity contribution >= 4 is 29.9 Å². The highest BCUT2D eigenvalue weighted by Gasteiger charge is 2.12. The molecular weight excluding hydrogens is 465 g/mol. The number of benzene rings is 1. The molecule has 0 aliphatic carbocycles. The van der Waals surface area contributed by atoms with E-state index in [1.807, 2.05) is 13.8 Å². The third-order valence-corrected chi connectivity index (χ3v) is 4.41. The van der Waals surface area contributed by atoms with Gasteiger partial charge in [-0.05, 0) is 31.5 Å². The smallest absolute Gasteiger partial charge is 0.191 e. The van der Waals surface area contributed by atoms with Crippen LogP contribution >= 0.6 is 24.0 Å². The lowest BCUT2D eigenvalue weighted by molar-refractivity contribution is 0.0376. The molecule has 27 heavy (non-hydrogen) atoms. The predicted octanol–water partition coefficient (Wildman–Crippen LogP) is 2.96. The number of nitrogens with one attached hydrogen (secondary N) is 2. The Morgan fingerprint density at radius 3 is 2.67 bits per heavy atom. The van der Waals surface area contributed by atoms with E-state index in [9.17, 15) is 8.78 Å². The molecule has 0 spiro atoms. The molecule has 1 unspecified atom stereocenters. The minimum atomic E-state index is -0.558. The Hall–Kier alpha value is -1.00. The van der Waals surface area contributed by atoms with E-state index in [0.29, 0.717) is 12.1 Å². The summed E-state index contributed by atoms with van der Waals surface area (Å²) in [6.07, 6.45) is 1.02. The van der Waals surface area contributed by atoms with Crippen molar-refractivity contribution in [3.63, 3.8) is 0 Å². The van der Waals surface area contributed by atoms with Gasteiger partial charge in [0.05, 0.1) is 13.2 Å². The van der Waals surface area contributed by atoms with Gasteiger partial charge in [0.1, 0.15) is 11.6 Å². The van der Waals surface area contributed by atoms with E-state index in [1.165, 1.54) is 12.1 Å². The van der Waals surface area contributed by atoms with E-state index in [4.69, 9.17) is 4.74 Å². The molecule has 0 amide bonds. The van der Waals surface area contributed by atoms with Crippen molar-refractivity contribution in [3.05, 3.63) is 35.4 Å². The lowest BCUT2D eigenvalue weighted by Gasteiger charge is -2.26. The maximum atomic E-state index is 13.9. The summed E-state index contributed by atoms with van der Waals surface area (Å²) in [7, 11) is 0. The summed E-state index contributed by atoms with van der Waals surface area (Å²) in [6.45, 7) is 10.6. The number of nitrogens with zero attached hydrogens (tertiary/aromatic N) is 2. The summed E-state index contributed by atoms with van der Waals surface area (Å²) in [4.78, 5) is 6.94. The van der Waals surface area contributed by atoms with Crippen LogP contribution in [0.5, 0.6) is 0 Å². The Morgan fingerprint density at radius 2 is 2.00 bits per heavy atom. The molecule has 0 saturated carbocycles. The average Bonchev–Trinajstić information content (AvgIpc) is 2.63. The molecule has 5 nitrogen and oxygen atoms in total. The molecule has 0 aromatic heterocycles. The number of morpholine rings is 1. The molecule has 0 radical (unpaired) electrons. The molecule has 1 saturated heterocycles. The second-order valence-electron chi connectivity index (χ2n) is 6.52. The fourth-order valence-electron chi connectivity index (χ4n) is 2.90. The number of rotatable bonds is 8. The Morgan fingerprint density at radius 1 is 1.26 bits per heavy atom. The third kappa shape index (κ3) is 8.69. The van der Waals surface area contributed by atoms with Gasteiger partial charge in [-0.3, -0.25) is 9.89 Å². The van der Waals surface area contributed by atoms with Gasteiger partial charge in [-0.25, -0.2) is 8.78 Å². The monoisotopic (exact) mass is 496 g/mol. The first-order valence-electron chi connectivity index (χ1n) is 9.37. The molecule has 2 N–H and O–H groups in total. The van der Waals surface area contributed by atoms with Crippen molar-refractivity contribution in [2.45, 2.75) is 26.2 Å². The van der Waals surface area contributed by atoms with Crippen LogP contribution in [0.25, 0.3) is 0 Å². The van der Waals surface area contributed by atoms with Crippen molar-refractivity contribution in [2.75, 3.05) is 52.5 Å². The SMILES string of the molecule is CCNC(=NCC(C)c1ccc(F)cc1F)NCCCN1CCOCC1.I. The van der Waals surface area contributed by atoms with Crippen LogP contribution in [0.3, 0.4) is 0 Å². The van der Waals surface area contributed by atoms with Crippen LogP contribution in [0.1, 0.15) is 31.7 Å². The Kier molecular flexibility index (Phi) is 11.8. The zero-order chi connectivity index (χ0) is 18.8. The van der Waals surface area contributed by atoms with Gasteiger partial charge in [0.2, 0.25) is 0 Å². The number of hydrogen-bond acceptors (Lipinski definition) is 3. The lowest BCUT2D eigenvalue weighted by Crippen LogP contribution is -2.40. The molecule has 1 fully saturated rings. The summed E-state index contributed by atoms with van der Waals surface area (Å²) in [5.41, 5.74) is 0.485. The largest absolute Gasteiger partial charge is 0.379 e. The minimum Gasteiger partial charge on any atom is -0.379 e. The first kappa shape index (κ1) is 24.0. The quantitative estimate of drug-likeness (QED) is 0.252. The van der Waals surface area contributed by atoms with Crippen molar-refractivity contribution in [1.82, 2.24) is 15.5 Å². The highest BCUT2D eigenvalue weighted by Crippen LogP contribution is 2.20. The van der Waals surface area contributed by atoms with Gasteiger partial charge in [-0.2, -0.15) is 0 Å². The molecule has 1 aliphatic heterocycles. The van der Waals surface area contributed by atoms with E-state index < -0.39 is 11.6 Å². The standard InChI is InChI=1S/C19H30F2N4O.HI/c1-3-22-19(23-7-4-8-25-9-11-26-12-10-25)24-14-15(2)17-6-5-16(20)13-18(17)21;/h5-6,13,15H,3-4,7-12,14H2,1-2H3,(H2,22,23,24);1H. The van der Waals surface area contributed by atoms with Crippen LogP contribution in [0.15, 0.2) is 23.2 Å². The van der Waals surface area contributed by atoms with Crippen LogP contribution in [-0.4, -0.2) is 63.3 Å². The van der Waals surface area contributed by atoms with Gasteiger partial charge in [-0.1, -0.05) is 13.0 Å². The normalized spacial score (nSPS) is 16.5. The Labute approximate surface area is 178 Å². The molecule has 154 valence electrons. The minimum absolute atomic E-state index is 0. The van der Waals surface area contributed by atoms with Crippen molar-refractivity contribution in [3.8, 4) is 0 Å². The first-order valence-corrected chi connectivity index (χ1v) is 9.37. The fourth-order valence-corrected chi connectivity index (χ4v) is 2.90. The number of halogens is 3. The number of hydrogen-bond donors (Lipinski definition) is 2. The molecule has 1 aromatic rings. The number of guanidine groups is 1. The Bertz CT molecular complexity index is 583. The van der Waals surface area contributed by atoms with Gasteiger partial charge in [0.25, 0.3) is 0 Å². The highest BCUT2D eigenvalue weighted by molar-refractivity contribution is 14.0. The molecule has 2 rings (SSSR count). The van der Waals surface area contributed by atoms with Gasteiger partial charge in [-0.15, -0.1) is 24.0 Å². The van der Waals surface area contributed by atoms with Crippen molar-refractivity contribution in [2.24, 2.45) is 4.99 Å².